The Labute approximate surface area is 189 Å². The van der Waals surface area contributed by atoms with Gasteiger partial charge in [-0.1, -0.05) is 35.5 Å². The first-order valence-corrected chi connectivity index (χ1v) is 10.8. The van der Waals surface area contributed by atoms with Crippen LogP contribution in [-0.2, 0) is 6.54 Å². The van der Waals surface area contributed by atoms with Gasteiger partial charge in [0.1, 0.15) is 5.75 Å². The molecule has 2 aromatic heterocycles. The van der Waals surface area contributed by atoms with Gasteiger partial charge in [0.05, 0.1) is 13.7 Å². The predicted molar refractivity (Wildman–Crippen MR) is 121 cm³/mol. The summed E-state index contributed by atoms with van der Waals surface area (Å²) in [5.74, 6) is 1.51. The van der Waals surface area contributed by atoms with Crippen LogP contribution in [-0.4, -0.2) is 39.1 Å². The predicted octanol–water partition coefficient (Wildman–Crippen LogP) is 3.14. The third-order valence-corrected chi connectivity index (χ3v) is 5.54. The molecule has 9 heteroatoms. The van der Waals surface area contributed by atoms with E-state index in [1.54, 1.807) is 17.7 Å². The summed E-state index contributed by atoms with van der Waals surface area (Å²) >= 11 is 0. The van der Waals surface area contributed by atoms with Gasteiger partial charge in [0, 0.05) is 29.8 Å². The molecule has 1 fully saturated rings. The van der Waals surface area contributed by atoms with E-state index in [2.05, 4.69) is 15.6 Å². The number of benzene rings is 2. The van der Waals surface area contributed by atoms with Crippen molar-refractivity contribution in [2.24, 2.45) is 0 Å². The minimum absolute atomic E-state index is 0.171. The molecule has 33 heavy (non-hydrogen) atoms. The van der Waals surface area contributed by atoms with Gasteiger partial charge in [-0.05, 0) is 37.1 Å². The van der Waals surface area contributed by atoms with E-state index in [0.717, 1.165) is 29.7 Å². The Morgan fingerprint density at radius 3 is 2.58 bits per heavy atom. The molecule has 4 aromatic rings. The smallest absolute Gasteiger partial charge is 0.346 e. The number of carbonyl (C=O) groups is 1. The van der Waals surface area contributed by atoms with Crippen molar-refractivity contribution in [2.75, 3.05) is 13.7 Å². The van der Waals surface area contributed by atoms with Crippen molar-refractivity contribution in [3.8, 4) is 28.5 Å². The van der Waals surface area contributed by atoms with Crippen LogP contribution in [0, 0.1) is 0 Å². The van der Waals surface area contributed by atoms with E-state index in [0.29, 0.717) is 11.6 Å². The minimum Gasteiger partial charge on any atom is -0.497 e. The maximum Gasteiger partial charge on any atom is 0.346 e. The van der Waals surface area contributed by atoms with Crippen LogP contribution >= 0.6 is 0 Å². The van der Waals surface area contributed by atoms with Crippen molar-refractivity contribution < 1.29 is 14.1 Å². The molecule has 1 aliphatic rings. The van der Waals surface area contributed by atoms with Gasteiger partial charge in [-0.2, -0.15) is 0 Å². The van der Waals surface area contributed by atoms with Crippen LogP contribution in [0.4, 0.5) is 0 Å². The molecule has 1 saturated carbocycles. The highest BCUT2D eigenvalue weighted by molar-refractivity contribution is 5.93. The molecule has 9 nitrogen and oxygen atoms in total. The average Bonchev–Trinajstić information content (AvgIpc) is 3.46. The zero-order chi connectivity index (χ0) is 22.8. The molecule has 1 N–H and O–H groups in total. The van der Waals surface area contributed by atoms with E-state index in [1.165, 1.54) is 4.68 Å². The zero-order valence-corrected chi connectivity index (χ0v) is 18.1. The lowest BCUT2D eigenvalue weighted by molar-refractivity contribution is 0.0943. The second kappa shape index (κ2) is 8.78. The monoisotopic (exact) mass is 445 g/mol. The Morgan fingerprint density at radius 2 is 1.88 bits per heavy atom. The molecule has 0 spiro atoms. The molecule has 0 aliphatic heterocycles. The summed E-state index contributed by atoms with van der Waals surface area (Å²) in [6, 6.07) is 18.7. The summed E-state index contributed by atoms with van der Waals surface area (Å²) in [5.41, 5.74) is 1.69. The maximum atomic E-state index is 13.0. The fraction of sp³-hybridized carbons (Fsp3) is 0.250. The number of ether oxygens (including phenoxy) is 1. The summed E-state index contributed by atoms with van der Waals surface area (Å²) in [4.78, 5) is 25.5. The number of methoxy groups -OCH3 is 1. The summed E-state index contributed by atoms with van der Waals surface area (Å²) in [7, 11) is 1.61. The highest BCUT2D eigenvalue weighted by atomic mass is 16.5. The summed E-state index contributed by atoms with van der Waals surface area (Å²) in [6.45, 7) is 0.479. The molecule has 0 saturated heterocycles. The Kier molecular flexibility index (Phi) is 5.52. The second-order valence-electron chi connectivity index (χ2n) is 7.86. The highest BCUT2D eigenvalue weighted by Crippen LogP contribution is 2.36. The summed E-state index contributed by atoms with van der Waals surface area (Å²) < 4.78 is 13.6. The molecular formula is C24H23N5O4. The number of rotatable bonds is 8. The maximum absolute atomic E-state index is 13.0. The molecule has 2 aromatic carbocycles. The molecule has 1 aliphatic carbocycles. The van der Waals surface area contributed by atoms with Crippen molar-refractivity contribution in [3.05, 3.63) is 76.8 Å². The highest BCUT2D eigenvalue weighted by Gasteiger charge is 2.30. The quantitative estimate of drug-likeness (QED) is 0.447. The van der Waals surface area contributed by atoms with Crippen LogP contribution in [0.5, 0.6) is 5.75 Å². The number of hydrogen-bond acceptors (Lipinski definition) is 6. The Hall–Kier alpha value is -4.14. The molecule has 0 unspecified atom stereocenters. The molecule has 5 rings (SSSR count). The van der Waals surface area contributed by atoms with E-state index in [4.69, 9.17) is 9.26 Å². The van der Waals surface area contributed by atoms with Crippen LogP contribution in [0.3, 0.4) is 0 Å². The molecule has 0 radical (unpaired) electrons. The Bertz CT molecular complexity index is 1320. The van der Waals surface area contributed by atoms with Crippen molar-refractivity contribution in [3.63, 3.8) is 0 Å². The van der Waals surface area contributed by atoms with E-state index in [1.807, 2.05) is 54.6 Å². The molecule has 2 heterocycles. The van der Waals surface area contributed by atoms with Crippen LogP contribution in [0.15, 0.2) is 70.0 Å². The lowest BCUT2D eigenvalue weighted by Gasteiger charge is -2.04. The lowest BCUT2D eigenvalue weighted by Crippen LogP contribution is -2.32. The van der Waals surface area contributed by atoms with Crippen molar-refractivity contribution >= 4 is 5.91 Å². The summed E-state index contributed by atoms with van der Waals surface area (Å²) in [6.07, 6.45) is 1.92. The van der Waals surface area contributed by atoms with E-state index < -0.39 is 0 Å². The van der Waals surface area contributed by atoms with E-state index >= 15 is 0 Å². The number of amides is 1. The van der Waals surface area contributed by atoms with Crippen molar-refractivity contribution in [2.45, 2.75) is 25.4 Å². The number of aromatic nitrogens is 4. The third kappa shape index (κ3) is 4.30. The normalized spacial score (nSPS) is 13.1. The summed E-state index contributed by atoms with van der Waals surface area (Å²) in [5, 5.41) is 11.2. The topological polar surface area (TPSA) is 104 Å². The van der Waals surface area contributed by atoms with Gasteiger partial charge in [-0.3, -0.25) is 9.36 Å². The lowest BCUT2D eigenvalue weighted by atomic mass is 10.1. The van der Waals surface area contributed by atoms with Gasteiger partial charge < -0.3 is 14.6 Å². The Balaban J connectivity index is 1.28. The number of carbonyl (C=O) groups excluding carboxylic acids is 1. The van der Waals surface area contributed by atoms with Crippen LogP contribution in [0.2, 0.25) is 0 Å². The van der Waals surface area contributed by atoms with Gasteiger partial charge in [-0.15, -0.1) is 5.10 Å². The zero-order valence-electron chi connectivity index (χ0n) is 18.1. The van der Waals surface area contributed by atoms with Crippen LogP contribution in [0.1, 0.15) is 29.4 Å². The van der Waals surface area contributed by atoms with Gasteiger partial charge in [0.25, 0.3) is 5.91 Å². The van der Waals surface area contributed by atoms with Gasteiger partial charge >= 0.3 is 5.69 Å². The molecule has 168 valence electrons. The van der Waals surface area contributed by atoms with Gasteiger partial charge in [0.2, 0.25) is 0 Å². The number of nitrogens with one attached hydrogen (secondary N) is 1. The fourth-order valence-corrected chi connectivity index (χ4v) is 3.65. The second-order valence-corrected chi connectivity index (χ2v) is 7.86. The first-order valence-electron chi connectivity index (χ1n) is 10.8. The molecule has 0 atom stereocenters. The van der Waals surface area contributed by atoms with Crippen LogP contribution < -0.4 is 15.7 Å². The van der Waals surface area contributed by atoms with Gasteiger partial charge in [-0.25, -0.2) is 9.48 Å². The van der Waals surface area contributed by atoms with Crippen molar-refractivity contribution in [1.29, 1.82) is 0 Å². The Morgan fingerprint density at radius 1 is 1.12 bits per heavy atom. The number of hydrogen-bond donors (Lipinski definition) is 1. The molecular weight excluding hydrogens is 422 g/mol. The standard InChI is InChI=1S/C24H23N5O4/c1-32-19-11-7-17(8-12-19)22-26-28(24(31)29(22)18-9-10-18)14-13-25-23(30)20-15-21(33-27-20)16-5-3-2-4-6-16/h2-8,11-12,15,18H,9-10,13-14H2,1H3,(H,25,30). The average molecular weight is 445 g/mol. The largest absolute Gasteiger partial charge is 0.497 e. The van der Waals surface area contributed by atoms with E-state index in [9.17, 15) is 9.59 Å². The minimum atomic E-state index is -0.369. The SMILES string of the molecule is COc1ccc(-c2nn(CCNC(=O)c3cc(-c4ccccc4)on3)c(=O)n2C2CC2)cc1. The molecule has 1 amide bonds. The first kappa shape index (κ1) is 20.7. The van der Waals surface area contributed by atoms with Crippen LogP contribution in [0.25, 0.3) is 22.7 Å². The first-order chi connectivity index (χ1) is 16.1. The van der Waals surface area contributed by atoms with Gasteiger partial charge in [0.15, 0.2) is 17.3 Å². The third-order valence-electron chi connectivity index (χ3n) is 5.54. The van der Waals surface area contributed by atoms with Crippen molar-refractivity contribution in [1.82, 2.24) is 24.8 Å². The van der Waals surface area contributed by atoms with E-state index in [-0.39, 0.29) is 36.4 Å². The number of nitrogens with zero attached hydrogens (tertiary/aromatic N) is 4. The molecule has 0 bridgehead atoms. The fourth-order valence-electron chi connectivity index (χ4n) is 3.65.